The third-order valence-electron chi connectivity index (χ3n) is 6.20. The number of fused-ring (bicyclic) bond motifs is 1. The zero-order valence-electron chi connectivity index (χ0n) is 18.9. The van der Waals surface area contributed by atoms with Gasteiger partial charge in [0, 0.05) is 19.0 Å². The van der Waals surface area contributed by atoms with Gasteiger partial charge in [0.2, 0.25) is 10.0 Å². The molecular formula is C24H26N6O3S. The fourth-order valence-corrected chi connectivity index (χ4v) is 5.95. The first-order valence-electron chi connectivity index (χ1n) is 11.3. The number of aromatic amines is 1. The minimum absolute atomic E-state index is 0.0449. The quantitative estimate of drug-likeness (QED) is 0.456. The topological polar surface area (TPSA) is 114 Å². The Morgan fingerprint density at radius 2 is 1.82 bits per heavy atom. The standard InChI is InChI=1S/C24H26N6O3S/c1-17-9-11-18(12-10-17)14-30-23-21(27-28-30)24(31)26-22(25-23)20-8-5-13-29(15-20)34(32,33)16-19-6-3-2-4-7-19/h2-4,6-7,9-12,20H,5,8,13-16H2,1H3,(H,25,26,31)/t20-/m0/s1. The van der Waals surface area contributed by atoms with Crippen LogP contribution in [0.15, 0.2) is 59.4 Å². The van der Waals surface area contributed by atoms with E-state index >= 15 is 0 Å². The molecule has 176 valence electrons. The van der Waals surface area contributed by atoms with Crippen LogP contribution in [0.5, 0.6) is 0 Å². The molecule has 5 rings (SSSR count). The fraction of sp³-hybridized carbons (Fsp3) is 0.333. The van der Waals surface area contributed by atoms with E-state index in [0.717, 1.165) is 23.1 Å². The van der Waals surface area contributed by atoms with Crippen LogP contribution < -0.4 is 5.56 Å². The van der Waals surface area contributed by atoms with Crippen LogP contribution in [-0.4, -0.2) is 50.8 Å². The molecule has 1 fully saturated rings. The van der Waals surface area contributed by atoms with Crippen LogP contribution in [0.4, 0.5) is 0 Å². The summed E-state index contributed by atoms with van der Waals surface area (Å²) < 4.78 is 29.3. The molecule has 10 heteroatoms. The van der Waals surface area contributed by atoms with E-state index in [2.05, 4.69) is 15.3 Å². The molecule has 1 aliphatic heterocycles. The molecule has 0 spiro atoms. The van der Waals surface area contributed by atoms with E-state index in [-0.39, 0.29) is 29.3 Å². The summed E-state index contributed by atoms with van der Waals surface area (Å²) in [7, 11) is -3.49. The zero-order valence-corrected chi connectivity index (χ0v) is 19.7. The summed E-state index contributed by atoms with van der Waals surface area (Å²) in [6.07, 6.45) is 1.44. The monoisotopic (exact) mass is 478 g/mol. The van der Waals surface area contributed by atoms with Crippen molar-refractivity contribution in [3.05, 3.63) is 87.5 Å². The SMILES string of the molecule is Cc1ccc(Cn2nnc3c(=O)[nH]c([C@H]4CCCN(S(=O)(=O)Cc5ccccc5)C4)nc32)cc1. The number of nitrogens with zero attached hydrogens (tertiary/aromatic N) is 5. The van der Waals surface area contributed by atoms with Gasteiger partial charge in [-0.2, -0.15) is 0 Å². The minimum atomic E-state index is -3.49. The summed E-state index contributed by atoms with van der Waals surface area (Å²) in [5.74, 6) is 0.222. The Labute approximate surface area is 197 Å². The fourth-order valence-electron chi connectivity index (χ4n) is 4.34. The van der Waals surface area contributed by atoms with Crippen LogP contribution in [0.3, 0.4) is 0 Å². The van der Waals surface area contributed by atoms with Gasteiger partial charge in [0.1, 0.15) is 5.82 Å². The van der Waals surface area contributed by atoms with Gasteiger partial charge in [0.15, 0.2) is 11.2 Å². The van der Waals surface area contributed by atoms with Crippen molar-refractivity contribution < 1.29 is 8.42 Å². The third-order valence-corrected chi connectivity index (χ3v) is 8.02. The van der Waals surface area contributed by atoms with E-state index in [0.29, 0.717) is 31.0 Å². The van der Waals surface area contributed by atoms with E-state index in [9.17, 15) is 13.2 Å². The molecule has 1 saturated heterocycles. The Hall–Kier alpha value is -3.37. The van der Waals surface area contributed by atoms with Crippen molar-refractivity contribution in [2.24, 2.45) is 0 Å². The lowest BCUT2D eigenvalue weighted by molar-refractivity contribution is 0.309. The summed E-state index contributed by atoms with van der Waals surface area (Å²) in [5, 5.41) is 8.16. The first-order valence-corrected chi connectivity index (χ1v) is 12.9. The van der Waals surface area contributed by atoms with E-state index in [1.165, 1.54) is 4.31 Å². The highest BCUT2D eigenvalue weighted by molar-refractivity contribution is 7.88. The van der Waals surface area contributed by atoms with E-state index in [1.807, 2.05) is 61.5 Å². The predicted octanol–water partition coefficient (Wildman–Crippen LogP) is 2.58. The lowest BCUT2D eigenvalue weighted by Gasteiger charge is -2.31. The van der Waals surface area contributed by atoms with Crippen molar-refractivity contribution in [3.63, 3.8) is 0 Å². The van der Waals surface area contributed by atoms with E-state index in [4.69, 9.17) is 4.98 Å². The largest absolute Gasteiger partial charge is 0.308 e. The molecule has 0 unspecified atom stereocenters. The number of hydrogen-bond donors (Lipinski definition) is 1. The van der Waals surface area contributed by atoms with Crippen LogP contribution in [-0.2, 0) is 22.3 Å². The van der Waals surface area contributed by atoms with Crippen molar-refractivity contribution in [2.75, 3.05) is 13.1 Å². The van der Waals surface area contributed by atoms with Crippen molar-refractivity contribution in [3.8, 4) is 0 Å². The minimum Gasteiger partial charge on any atom is -0.308 e. The average molecular weight is 479 g/mol. The lowest BCUT2D eigenvalue weighted by atomic mass is 9.99. The Morgan fingerprint density at radius 1 is 1.06 bits per heavy atom. The van der Waals surface area contributed by atoms with Gasteiger partial charge in [-0.25, -0.2) is 22.4 Å². The molecule has 34 heavy (non-hydrogen) atoms. The van der Waals surface area contributed by atoms with E-state index in [1.54, 1.807) is 4.68 Å². The molecule has 1 aliphatic rings. The molecule has 0 aliphatic carbocycles. The van der Waals surface area contributed by atoms with Gasteiger partial charge in [-0.1, -0.05) is 65.4 Å². The average Bonchev–Trinajstić information content (AvgIpc) is 3.24. The van der Waals surface area contributed by atoms with Crippen molar-refractivity contribution in [2.45, 2.75) is 38.0 Å². The van der Waals surface area contributed by atoms with E-state index < -0.39 is 10.0 Å². The number of H-pyrrole nitrogens is 1. The Bertz CT molecular complexity index is 1460. The molecule has 0 radical (unpaired) electrons. The number of nitrogens with one attached hydrogen (secondary N) is 1. The maximum absolute atomic E-state index is 13.1. The number of rotatable bonds is 6. The van der Waals surface area contributed by atoms with Crippen molar-refractivity contribution in [1.82, 2.24) is 29.3 Å². The molecule has 1 atom stereocenters. The molecule has 1 N–H and O–H groups in total. The van der Waals surface area contributed by atoms with Gasteiger partial charge < -0.3 is 4.98 Å². The van der Waals surface area contributed by atoms with Gasteiger partial charge in [-0.3, -0.25) is 4.79 Å². The van der Waals surface area contributed by atoms with Crippen LogP contribution in [0.1, 0.15) is 41.3 Å². The van der Waals surface area contributed by atoms with Gasteiger partial charge in [-0.15, -0.1) is 5.10 Å². The maximum Gasteiger partial charge on any atom is 0.281 e. The van der Waals surface area contributed by atoms with Crippen molar-refractivity contribution >= 4 is 21.2 Å². The van der Waals surface area contributed by atoms with Crippen LogP contribution in [0.25, 0.3) is 11.2 Å². The third kappa shape index (κ3) is 4.64. The second-order valence-corrected chi connectivity index (χ2v) is 10.8. The predicted molar refractivity (Wildman–Crippen MR) is 129 cm³/mol. The summed E-state index contributed by atoms with van der Waals surface area (Å²) in [4.78, 5) is 20.2. The summed E-state index contributed by atoms with van der Waals surface area (Å²) >= 11 is 0. The summed E-state index contributed by atoms with van der Waals surface area (Å²) in [6.45, 7) is 3.21. The molecule has 0 saturated carbocycles. The highest BCUT2D eigenvalue weighted by Gasteiger charge is 2.31. The number of piperidine rings is 1. The van der Waals surface area contributed by atoms with Crippen LogP contribution in [0, 0.1) is 6.92 Å². The van der Waals surface area contributed by atoms with Gasteiger partial charge in [-0.05, 0) is 30.9 Å². The van der Waals surface area contributed by atoms with Gasteiger partial charge >= 0.3 is 0 Å². The molecule has 4 aromatic rings. The highest BCUT2D eigenvalue weighted by Crippen LogP contribution is 2.27. The second-order valence-electron chi connectivity index (χ2n) is 8.80. The molecule has 3 heterocycles. The Kier molecular flexibility index (Phi) is 6.01. The number of sulfonamides is 1. The first kappa shape index (κ1) is 22.4. The molecule has 0 bridgehead atoms. The smallest absolute Gasteiger partial charge is 0.281 e. The zero-order chi connectivity index (χ0) is 23.7. The summed E-state index contributed by atoms with van der Waals surface area (Å²) in [5.41, 5.74) is 3.16. The normalized spacial score (nSPS) is 17.3. The second kappa shape index (κ2) is 9.11. The van der Waals surface area contributed by atoms with Gasteiger partial charge in [0.05, 0.1) is 12.3 Å². The van der Waals surface area contributed by atoms with Crippen molar-refractivity contribution in [1.29, 1.82) is 0 Å². The molecule has 2 aromatic heterocycles. The number of hydrogen-bond acceptors (Lipinski definition) is 6. The first-order chi connectivity index (χ1) is 16.4. The molecular weight excluding hydrogens is 452 g/mol. The molecule has 2 aromatic carbocycles. The number of benzene rings is 2. The maximum atomic E-state index is 13.1. The lowest BCUT2D eigenvalue weighted by Crippen LogP contribution is -2.40. The van der Waals surface area contributed by atoms with Crippen LogP contribution in [0.2, 0.25) is 0 Å². The molecule has 0 amide bonds. The number of aryl methyl sites for hydroxylation is 1. The summed E-state index contributed by atoms with van der Waals surface area (Å²) in [6, 6.07) is 17.2. The number of aromatic nitrogens is 5. The van der Waals surface area contributed by atoms with Gasteiger partial charge in [0.25, 0.3) is 5.56 Å². The Balaban J connectivity index is 1.41. The molecule has 9 nitrogen and oxygen atoms in total. The van der Waals surface area contributed by atoms with Crippen LogP contribution >= 0.6 is 0 Å². The highest BCUT2D eigenvalue weighted by atomic mass is 32.2. The Morgan fingerprint density at radius 3 is 2.59 bits per heavy atom.